The molecule has 0 saturated heterocycles. The van der Waals surface area contributed by atoms with Crippen LogP contribution in [0.4, 0.5) is 5.82 Å². The fourth-order valence-corrected chi connectivity index (χ4v) is 3.08. The van der Waals surface area contributed by atoms with Gasteiger partial charge >= 0.3 is 0 Å². The first-order chi connectivity index (χ1) is 14.2. The summed E-state index contributed by atoms with van der Waals surface area (Å²) in [7, 11) is 0. The second kappa shape index (κ2) is 10.4. The van der Waals surface area contributed by atoms with Crippen molar-refractivity contribution in [3.8, 4) is 5.75 Å². The maximum absolute atomic E-state index is 11.0. The Kier molecular flexibility index (Phi) is 7.35. The largest absolute Gasteiger partial charge is 0.494 e. The standard InChI is InChI=1S/C22H26N4O3/c1-16(17-8-4-2-5-9-17)25-22-19-14-18(11-12-20(19)23-15-24-22)29-13-7-3-6-10-21(27)26-28/h2,4-5,8-9,11-12,14-16,28H,3,6-7,10,13H2,1H3,(H,26,27)(H,23,24,25)/t16-/m1/s1. The van der Waals surface area contributed by atoms with Gasteiger partial charge in [-0.2, -0.15) is 0 Å². The van der Waals surface area contributed by atoms with Crippen molar-refractivity contribution >= 4 is 22.6 Å². The van der Waals surface area contributed by atoms with Crippen LogP contribution in [0.15, 0.2) is 54.9 Å². The van der Waals surface area contributed by atoms with E-state index in [2.05, 4.69) is 34.3 Å². The third-order valence-corrected chi connectivity index (χ3v) is 4.70. The number of carbonyl (C=O) groups is 1. The molecule has 152 valence electrons. The van der Waals surface area contributed by atoms with Gasteiger partial charge in [-0.1, -0.05) is 30.3 Å². The number of anilines is 1. The minimum absolute atomic E-state index is 0.106. The van der Waals surface area contributed by atoms with Crippen LogP contribution in [0.3, 0.4) is 0 Å². The first-order valence-electron chi connectivity index (χ1n) is 9.79. The Labute approximate surface area is 170 Å². The quantitative estimate of drug-likeness (QED) is 0.270. The number of hydroxylamine groups is 1. The second-order valence-electron chi connectivity index (χ2n) is 6.87. The second-order valence-corrected chi connectivity index (χ2v) is 6.87. The molecule has 3 aromatic rings. The van der Waals surface area contributed by atoms with Gasteiger partial charge in [-0.25, -0.2) is 15.4 Å². The summed E-state index contributed by atoms with van der Waals surface area (Å²) in [5.74, 6) is 1.17. The van der Waals surface area contributed by atoms with Crippen molar-refractivity contribution in [2.24, 2.45) is 0 Å². The van der Waals surface area contributed by atoms with Gasteiger partial charge in [0.1, 0.15) is 17.9 Å². The molecular formula is C22H26N4O3. The van der Waals surface area contributed by atoms with Crippen molar-refractivity contribution < 1.29 is 14.7 Å². The normalized spacial score (nSPS) is 11.8. The molecule has 0 aliphatic rings. The minimum Gasteiger partial charge on any atom is -0.494 e. The Balaban J connectivity index is 1.61. The van der Waals surface area contributed by atoms with Gasteiger partial charge in [0, 0.05) is 17.8 Å². The van der Waals surface area contributed by atoms with E-state index in [1.54, 1.807) is 11.8 Å². The highest BCUT2D eigenvalue weighted by molar-refractivity contribution is 5.90. The summed E-state index contributed by atoms with van der Waals surface area (Å²) < 4.78 is 5.86. The Morgan fingerprint density at radius 1 is 1.10 bits per heavy atom. The minimum atomic E-state index is -0.356. The number of nitrogens with one attached hydrogen (secondary N) is 2. The van der Waals surface area contributed by atoms with Gasteiger partial charge in [0.15, 0.2) is 0 Å². The summed E-state index contributed by atoms with van der Waals surface area (Å²) in [5.41, 5.74) is 3.67. The summed E-state index contributed by atoms with van der Waals surface area (Å²) in [6.45, 7) is 2.66. The van der Waals surface area contributed by atoms with Gasteiger partial charge < -0.3 is 10.1 Å². The van der Waals surface area contributed by atoms with Crippen molar-refractivity contribution in [3.05, 3.63) is 60.4 Å². The van der Waals surface area contributed by atoms with Crippen LogP contribution in [0.5, 0.6) is 5.75 Å². The molecule has 0 aliphatic carbocycles. The zero-order valence-corrected chi connectivity index (χ0v) is 16.5. The number of carbonyl (C=O) groups excluding carboxylic acids is 1. The number of ether oxygens (including phenoxy) is 1. The number of unbranched alkanes of at least 4 members (excludes halogenated alkanes) is 2. The molecule has 29 heavy (non-hydrogen) atoms. The number of hydrogen-bond donors (Lipinski definition) is 3. The summed E-state index contributed by atoms with van der Waals surface area (Å²) in [4.78, 5) is 19.7. The van der Waals surface area contributed by atoms with Crippen LogP contribution in [0.25, 0.3) is 10.9 Å². The molecule has 3 N–H and O–H groups in total. The topological polar surface area (TPSA) is 96.4 Å². The van der Waals surface area contributed by atoms with Crippen LogP contribution in [0.2, 0.25) is 0 Å². The molecule has 7 heteroatoms. The molecular weight excluding hydrogens is 368 g/mol. The third-order valence-electron chi connectivity index (χ3n) is 4.70. The van der Waals surface area contributed by atoms with E-state index >= 15 is 0 Å². The number of rotatable bonds is 10. The molecule has 0 fully saturated rings. The first-order valence-corrected chi connectivity index (χ1v) is 9.79. The lowest BCUT2D eigenvalue weighted by Gasteiger charge is -2.16. The molecule has 1 atom stereocenters. The Bertz CT molecular complexity index is 934. The highest BCUT2D eigenvalue weighted by Crippen LogP contribution is 2.27. The number of aromatic nitrogens is 2. The lowest BCUT2D eigenvalue weighted by atomic mass is 10.1. The van der Waals surface area contributed by atoms with Gasteiger partial charge in [0.05, 0.1) is 12.1 Å². The zero-order chi connectivity index (χ0) is 20.5. The average Bonchev–Trinajstić information content (AvgIpc) is 2.76. The van der Waals surface area contributed by atoms with Gasteiger partial charge in [-0.05, 0) is 49.9 Å². The van der Waals surface area contributed by atoms with E-state index in [-0.39, 0.29) is 11.9 Å². The molecule has 0 unspecified atom stereocenters. The lowest BCUT2D eigenvalue weighted by molar-refractivity contribution is -0.129. The number of nitrogens with zero attached hydrogens (tertiary/aromatic N) is 2. The van der Waals surface area contributed by atoms with Crippen LogP contribution in [-0.4, -0.2) is 27.7 Å². The molecule has 2 aromatic carbocycles. The van der Waals surface area contributed by atoms with Crippen molar-refractivity contribution in [2.45, 2.75) is 38.6 Å². The maximum atomic E-state index is 11.0. The summed E-state index contributed by atoms with van der Waals surface area (Å²) in [5, 5.41) is 12.8. The molecule has 0 radical (unpaired) electrons. The Morgan fingerprint density at radius 2 is 1.93 bits per heavy atom. The van der Waals surface area contributed by atoms with Crippen molar-refractivity contribution in [1.29, 1.82) is 0 Å². The van der Waals surface area contributed by atoms with Crippen molar-refractivity contribution in [3.63, 3.8) is 0 Å². The zero-order valence-electron chi connectivity index (χ0n) is 16.5. The predicted molar refractivity (Wildman–Crippen MR) is 112 cm³/mol. The number of hydrogen-bond acceptors (Lipinski definition) is 6. The van der Waals surface area contributed by atoms with Gasteiger partial charge in [-0.3, -0.25) is 10.0 Å². The van der Waals surface area contributed by atoms with Gasteiger partial charge in [-0.15, -0.1) is 0 Å². The Morgan fingerprint density at radius 3 is 2.72 bits per heavy atom. The smallest absolute Gasteiger partial charge is 0.243 e. The SMILES string of the molecule is C[C@@H](Nc1ncnc2ccc(OCCCCCC(=O)NO)cc12)c1ccccc1. The molecule has 0 aliphatic heterocycles. The fraction of sp³-hybridized carbons (Fsp3) is 0.318. The van der Waals surface area contributed by atoms with E-state index in [0.29, 0.717) is 19.4 Å². The first kappa shape index (κ1) is 20.5. The van der Waals surface area contributed by atoms with E-state index in [4.69, 9.17) is 9.94 Å². The van der Waals surface area contributed by atoms with E-state index in [1.165, 1.54) is 5.56 Å². The van der Waals surface area contributed by atoms with Gasteiger partial charge in [0.2, 0.25) is 5.91 Å². The third kappa shape index (κ3) is 5.89. The number of amides is 1. The number of fused-ring (bicyclic) bond motifs is 1. The molecule has 1 heterocycles. The van der Waals surface area contributed by atoms with E-state index in [1.807, 2.05) is 36.4 Å². The maximum Gasteiger partial charge on any atom is 0.243 e. The van der Waals surface area contributed by atoms with E-state index in [9.17, 15) is 4.79 Å². The van der Waals surface area contributed by atoms with Crippen LogP contribution in [0.1, 0.15) is 44.2 Å². The molecule has 0 saturated carbocycles. The van der Waals surface area contributed by atoms with Crippen LogP contribution in [-0.2, 0) is 4.79 Å². The number of benzene rings is 2. The van der Waals surface area contributed by atoms with Crippen molar-refractivity contribution in [1.82, 2.24) is 15.4 Å². The van der Waals surface area contributed by atoms with Crippen LogP contribution in [0, 0.1) is 0 Å². The monoisotopic (exact) mass is 394 g/mol. The van der Waals surface area contributed by atoms with Crippen molar-refractivity contribution in [2.75, 3.05) is 11.9 Å². The van der Waals surface area contributed by atoms with Crippen LogP contribution < -0.4 is 15.5 Å². The molecule has 0 bridgehead atoms. The van der Waals surface area contributed by atoms with E-state index in [0.717, 1.165) is 35.3 Å². The molecule has 0 spiro atoms. The summed E-state index contributed by atoms with van der Waals surface area (Å²) >= 11 is 0. The predicted octanol–water partition coefficient (Wildman–Crippen LogP) is 4.25. The average molecular weight is 394 g/mol. The molecule has 7 nitrogen and oxygen atoms in total. The Hall–Kier alpha value is -3.19. The fourth-order valence-electron chi connectivity index (χ4n) is 3.08. The molecule has 1 aromatic heterocycles. The highest BCUT2D eigenvalue weighted by Gasteiger charge is 2.10. The van der Waals surface area contributed by atoms with Crippen LogP contribution >= 0.6 is 0 Å². The lowest BCUT2D eigenvalue weighted by Crippen LogP contribution is -2.17. The summed E-state index contributed by atoms with van der Waals surface area (Å²) in [6.07, 6.45) is 4.28. The van der Waals surface area contributed by atoms with E-state index < -0.39 is 0 Å². The highest BCUT2D eigenvalue weighted by atomic mass is 16.5. The summed E-state index contributed by atoms with van der Waals surface area (Å²) in [6, 6.07) is 16.1. The molecule has 3 rings (SSSR count). The molecule has 1 amide bonds. The van der Waals surface area contributed by atoms with Gasteiger partial charge in [0.25, 0.3) is 0 Å².